The summed E-state index contributed by atoms with van der Waals surface area (Å²) in [6, 6.07) is -1.57. The third-order valence-electron chi connectivity index (χ3n) is 2.64. The van der Waals surface area contributed by atoms with E-state index >= 15 is 0 Å². The first-order valence-electron chi connectivity index (χ1n) is 5.34. The van der Waals surface area contributed by atoms with Crippen molar-refractivity contribution in [1.29, 1.82) is 0 Å². The standard InChI is InChI=1S/C10H19F3N2O/c1-7-5-15(6-9(2,3)16-7)8(4-14)10(11,12)13/h7-8H,4-6,14H2,1-3H3. The molecular formula is C10H19F3N2O. The normalized spacial score (nSPS) is 29.1. The molecule has 6 heteroatoms. The minimum Gasteiger partial charge on any atom is -0.370 e. The Labute approximate surface area is 93.7 Å². The zero-order valence-corrected chi connectivity index (χ0v) is 9.84. The fourth-order valence-electron chi connectivity index (χ4n) is 2.23. The van der Waals surface area contributed by atoms with E-state index in [0.29, 0.717) is 0 Å². The first-order valence-corrected chi connectivity index (χ1v) is 5.34. The van der Waals surface area contributed by atoms with Crippen LogP contribution in [0.2, 0.25) is 0 Å². The van der Waals surface area contributed by atoms with Crippen LogP contribution in [-0.4, -0.2) is 48.5 Å². The number of morpholine rings is 1. The minimum absolute atomic E-state index is 0.208. The van der Waals surface area contributed by atoms with Gasteiger partial charge in [-0.2, -0.15) is 13.2 Å². The fraction of sp³-hybridized carbons (Fsp3) is 1.00. The largest absolute Gasteiger partial charge is 0.405 e. The zero-order valence-electron chi connectivity index (χ0n) is 9.84. The summed E-state index contributed by atoms with van der Waals surface area (Å²) in [5, 5.41) is 0. The van der Waals surface area contributed by atoms with Crippen LogP contribution in [0.3, 0.4) is 0 Å². The van der Waals surface area contributed by atoms with Crippen LogP contribution < -0.4 is 5.73 Å². The molecule has 0 saturated carbocycles. The molecule has 96 valence electrons. The highest BCUT2D eigenvalue weighted by atomic mass is 19.4. The molecule has 0 bridgehead atoms. The highest BCUT2D eigenvalue weighted by Crippen LogP contribution is 2.29. The number of nitrogens with zero attached hydrogens (tertiary/aromatic N) is 1. The van der Waals surface area contributed by atoms with Gasteiger partial charge in [-0.3, -0.25) is 4.90 Å². The van der Waals surface area contributed by atoms with E-state index in [0.717, 1.165) is 0 Å². The second-order valence-corrected chi connectivity index (χ2v) is 4.91. The summed E-state index contributed by atoms with van der Waals surface area (Å²) in [6.45, 7) is 5.47. The summed E-state index contributed by atoms with van der Waals surface area (Å²) >= 11 is 0. The molecule has 0 aromatic carbocycles. The molecule has 2 N–H and O–H groups in total. The van der Waals surface area contributed by atoms with Crippen LogP contribution in [0.5, 0.6) is 0 Å². The molecule has 1 aliphatic heterocycles. The molecule has 2 atom stereocenters. The molecule has 16 heavy (non-hydrogen) atoms. The van der Waals surface area contributed by atoms with E-state index in [1.54, 1.807) is 20.8 Å². The molecule has 0 amide bonds. The molecule has 1 heterocycles. The first-order chi connectivity index (χ1) is 7.15. The van der Waals surface area contributed by atoms with E-state index in [-0.39, 0.29) is 19.2 Å². The highest BCUT2D eigenvalue weighted by molar-refractivity contribution is 4.89. The van der Waals surface area contributed by atoms with Crippen LogP contribution in [0.25, 0.3) is 0 Å². The Bertz CT molecular complexity index is 239. The van der Waals surface area contributed by atoms with Crippen molar-refractivity contribution in [3.8, 4) is 0 Å². The molecule has 1 saturated heterocycles. The molecule has 0 aliphatic carbocycles. The van der Waals surface area contributed by atoms with Gasteiger partial charge in [-0.25, -0.2) is 0 Å². The first kappa shape index (κ1) is 13.7. The van der Waals surface area contributed by atoms with E-state index in [2.05, 4.69) is 0 Å². The number of hydrogen-bond acceptors (Lipinski definition) is 3. The third-order valence-corrected chi connectivity index (χ3v) is 2.64. The van der Waals surface area contributed by atoms with Gasteiger partial charge in [0.2, 0.25) is 0 Å². The van der Waals surface area contributed by atoms with Crippen molar-refractivity contribution in [2.24, 2.45) is 5.73 Å². The van der Waals surface area contributed by atoms with Gasteiger partial charge in [0, 0.05) is 19.6 Å². The summed E-state index contributed by atoms with van der Waals surface area (Å²) in [5.74, 6) is 0. The van der Waals surface area contributed by atoms with Crippen LogP contribution in [0.4, 0.5) is 13.2 Å². The molecule has 1 rings (SSSR count). The van der Waals surface area contributed by atoms with Crippen molar-refractivity contribution in [3.63, 3.8) is 0 Å². The Hall–Kier alpha value is -0.330. The highest BCUT2D eigenvalue weighted by Gasteiger charge is 2.46. The summed E-state index contributed by atoms with van der Waals surface area (Å²) in [4.78, 5) is 1.37. The number of hydrogen-bond donors (Lipinski definition) is 1. The maximum Gasteiger partial charge on any atom is 0.405 e. The van der Waals surface area contributed by atoms with E-state index in [9.17, 15) is 13.2 Å². The molecule has 0 aromatic heterocycles. The van der Waals surface area contributed by atoms with Gasteiger partial charge in [0.05, 0.1) is 11.7 Å². The lowest BCUT2D eigenvalue weighted by molar-refractivity contribution is -0.213. The fourth-order valence-corrected chi connectivity index (χ4v) is 2.23. The summed E-state index contributed by atoms with van der Waals surface area (Å²) in [6.07, 6.45) is -4.48. The van der Waals surface area contributed by atoms with Gasteiger partial charge >= 0.3 is 6.18 Å². The molecule has 0 aromatic rings. The third kappa shape index (κ3) is 3.33. The van der Waals surface area contributed by atoms with Crippen molar-refractivity contribution in [1.82, 2.24) is 4.90 Å². The summed E-state index contributed by atoms with van der Waals surface area (Å²) in [5.41, 5.74) is 4.66. The van der Waals surface area contributed by atoms with E-state index < -0.39 is 24.4 Å². The van der Waals surface area contributed by atoms with Crippen LogP contribution in [-0.2, 0) is 4.74 Å². The topological polar surface area (TPSA) is 38.5 Å². The van der Waals surface area contributed by atoms with E-state index in [1.807, 2.05) is 0 Å². The second-order valence-electron chi connectivity index (χ2n) is 4.91. The zero-order chi connectivity index (χ0) is 12.6. The average Bonchev–Trinajstić information content (AvgIpc) is 1.97. The number of ether oxygens (including phenoxy) is 1. The number of rotatable bonds is 2. The van der Waals surface area contributed by atoms with Gasteiger partial charge in [0.25, 0.3) is 0 Å². The lowest BCUT2D eigenvalue weighted by atomic mass is 10.0. The Kier molecular flexibility index (Phi) is 3.87. The smallest absolute Gasteiger partial charge is 0.370 e. The molecular weight excluding hydrogens is 221 g/mol. The van der Waals surface area contributed by atoms with Crippen molar-refractivity contribution >= 4 is 0 Å². The number of halogens is 3. The summed E-state index contributed by atoms with van der Waals surface area (Å²) in [7, 11) is 0. The Morgan fingerprint density at radius 1 is 1.50 bits per heavy atom. The van der Waals surface area contributed by atoms with Crippen LogP contribution in [0, 0.1) is 0 Å². The van der Waals surface area contributed by atoms with Gasteiger partial charge in [-0.1, -0.05) is 0 Å². The molecule has 3 nitrogen and oxygen atoms in total. The second kappa shape index (κ2) is 4.50. The number of alkyl halides is 3. The predicted molar refractivity (Wildman–Crippen MR) is 55.1 cm³/mol. The van der Waals surface area contributed by atoms with Crippen molar-refractivity contribution in [2.45, 2.75) is 44.7 Å². The van der Waals surface area contributed by atoms with Crippen LogP contribution in [0.1, 0.15) is 20.8 Å². The van der Waals surface area contributed by atoms with Crippen molar-refractivity contribution in [2.75, 3.05) is 19.6 Å². The van der Waals surface area contributed by atoms with Gasteiger partial charge < -0.3 is 10.5 Å². The lowest BCUT2D eigenvalue weighted by Crippen LogP contribution is -2.60. The van der Waals surface area contributed by atoms with Crippen molar-refractivity contribution < 1.29 is 17.9 Å². The Morgan fingerprint density at radius 3 is 2.44 bits per heavy atom. The van der Waals surface area contributed by atoms with Gasteiger partial charge in [-0.05, 0) is 20.8 Å². The average molecular weight is 240 g/mol. The monoisotopic (exact) mass is 240 g/mol. The minimum atomic E-state index is -4.28. The van der Waals surface area contributed by atoms with E-state index in [1.165, 1.54) is 4.90 Å². The van der Waals surface area contributed by atoms with Gasteiger partial charge in [-0.15, -0.1) is 0 Å². The molecule has 0 radical (unpaired) electrons. The SMILES string of the molecule is CC1CN(C(CN)C(F)(F)F)CC(C)(C)O1. The molecule has 1 fully saturated rings. The Morgan fingerprint density at radius 2 is 2.06 bits per heavy atom. The van der Waals surface area contributed by atoms with E-state index in [4.69, 9.17) is 10.5 Å². The maximum atomic E-state index is 12.7. The lowest BCUT2D eigenvalue weighted by Gasteiger charge is -2.45. The predicted octanol–water partition coefficient (Wildman–Crippen LogP) is 1.38. The van der Waals surface area contributed by atoms with Gasteiger partial charge in [0.1, 0.15) is 6.04 Å². The molecule has 2 unspecified atom stereocenters. The maximum absolute atomic E-state index is 12.7. The van der Waals surface area contributed by atoms with Gasteiger partial charge in [0.15, 0.2) is 0 Å². The van der Waals surface area contributed by atoms with Crippen molar-refractivity contribution in [3.05, 3.63) is 0 Å². The Balaban J connectivity index is 2.78. The van der Waals surface area contributed by atoms with Crippen LogP contribution in [0.15, 0.2) is 0 Å². The van der Waals surface area contributed by atoms with Crippen LogP contribution >= 0.6 is 0 Å². The molecule has 1 aliphatic rings. The summed E-state index contributed by atoms with van der Waals surface area (Å²) < 4.78 is 43.7. The molecule has 0 spiro atoms. The quantitative estimate of drug-likeness (QED) is 0.792. The number of nitrogens with two attached hydrogens (primary N) is 1.